The molecule has 20 heavy (non-hydrogen) atoms. The van der Waals surface area contributed by atoms with Crippen LogP contribution in [0.5, 0.6) is 0 Å². The van der Waals surface area contributed by atoms with Crippen molar-refractivity contribution < 1.29 is 13.2 Å². The van der Waals surface area contributed by atoms with Crippen molar-refractivity contribution in [1.82, 2.24) is 5.32 Å². The van der Waals surface area contributed by atoms with Crippen LogP contribution in [0.1, 0.15) is 36.7 Å². The Morgan fingerprint density at radius 3 is 2.25 bits per heavy atom. The molecule has 1 atom stereocenters. The molecular formula is C13H17Cl2NO3S. The number of carbonyl (C=O) groups is 1. The number of amides is 1. The van der Waals surface area contributed by atoms with Crippen molar-refractivity contribution in [2.45, 2.75) is 38.6 Å². The lowest BCUT2D eigenvalue weighted by atomic mass is 10.1. The highest BCUT2D eigenvalue weighted by Gasteiger charge is 2.21. The van der Waals surface area contributed by atoms with Crippen molar-refractivity contribution in [2.24, 2.45) is 5.92 Å². The number of carbonyl (C=O) groups excluding carboxylic acids is 1. The zero-order valence-corrected chi connectivity index (χ0v) is 14.0. The number of halogens is 2. The van der Waals surface area contributed by atoms with Crippen LogP contribution in [0.15, 0.2) is 17.0 Å². The molecule has 0 spiro atoms. The Morgan fingerprint density at radius 2 is 1.80 bits per heavy atom. The van der Waals surface area contributed by atoms with Crippen LogP contribution in [0, 0.1) is 12.8 Å². The first-order valence-electron chi connectivity index (χ1n) is 6.09. The molecule has 1 amide bonds. The van der Waals surface area contributed by atoms with Crippen LogP contribution in [0.3, 0.4) is 0 Å². The van der Waals surface area contributed by atoms with E-state index in [0.29, 0.717) is 5.56 Å². The van der Waals surface area contributed by atoms with Crippen molar-refractivity contribution in [1.29, 1.82) is 0 Å². The molecule has 0 bridgehead atoms. The van der Waals surface area contributed by atoms with E-state index >= 15 is 0 Å². The van der Waals surface area contributed by atoms with Gasteiger partial charge in [0.05, 0.1) is 5.02 Å². The second-order valence-electron chi connectivity index (χ2n) is 5.05. The number of rotatable bonds is 4. The van der Waals surface area contributed by atoms with Gasteiger partial charge in [-0.3, -0.25) is 4.79 Å². The summed E-state index contributed by atoms with van der Waals surface area (Å²) in [6.07, 6.45) is 0. The van der Waals surface area contributed by atoms with Gasteiger partial charge in [0, 0.05) is 22.3 Å². The maximum atomic E-state index is 12.1. The van der Waals surface area contributed by atoms with Gasteiger partial charge in [0.15, 0.2) is 0 Å². The number of aryl methyl sites for hydroxylation is 1. The second kappa shape index (κ2) is 6.33. The third-order valence-corrected chi connectivity index (χ3v) is 5.06. The standard InChI is InChI=1S/C13H17Cl2NO3S/c1-7(2)9(4)16-13(17)10-5-8(3)12(14)11(6-10)20(15,18)19/h5-7,9H,1-4H3,(H,16,17). The Bertz CT molecular complexity index is 627. The molecule has 1 aromatic carbocycles. The summed E-state index contributed by atoms with van der Waals surface area (Å²) in [6.45, 7) is 7.46. The number of hydrogen-bond acceptors (Lipinski definition) is 3. The van der Waals surface area contributed by atoms with Crippen LogP contribution in [-0.4, -0.2) is 20.4 Å². The SMILES string of the molecule is Cc1cc(C(=O)NC(C)C(C)C)cc(S(=O)(=O)Cl)c1Cl. The Balaban J connectivity index is 3.21. The van der Waals surface area contributed by atoms with Gasteiger partial charge in [0.2, 0.25) is 0 Å². The fourth-order valence-electron chi connectivity index (χ4n) is 1.50. The third kappa shape index (κ3) is 4.11. The molecule has 0 saturated heterocycles. The molecule has 4 nitrogen and oxygen atoms in total. The lowest BCUT2D eigenvalue weighted by molar-refractivity contribution is 0.0930. The van der Waals surface area contributed by atoms with Gasteiger partial charge < -0.3 is 5.32 Å². The summed E-state index contributed by atoms with van der Waals surface area (Å²) in [5.41, 5.74) is 0.703. The normalized spacial score (nSPS) is 13.3. The van der Waals surface area contributed by atoms with E-state index in [4.69, 9.17) is 22.3 Å². The van der Waals surface area contributed by atoms with E-state index in [1.54, 1.807) is 6.92 Å². The summed E-state index contributed by atoms with van der Waals surface area (Å²) < 4.78 is 22.9. The fourth-order valence-corrected chi connectivity index (χ4v) is 3.04. The Morgan fingerprint density at radius 1 is 1.25 bits per heavy atom. The molecule has 0 heterocycles. The van der Waals surface area contributed by atoms with Crippen LogP contribution < -0.4 is 5.32 Å². The summed E-state index contributed by atoms with van der Waals surface area (Å²) in [7, 11) is 1.33. The van der Waals surface area contributed by atoms with Gasteiger partial charge in [-0.15, -0.1) is 0 Å². The van der Waals surface area contributed by atoms with E-state index in [1.165, 1.54) is 12.1 Å². The lowest BCUT2D eigenvalue weighted by Crippen LogP contribution is -2.36. The molecule has 0 aromatic heterocycles. The van der Waals surface area contributed by atoms with Crippen LogP contribution in [0.25, 0.3) is 0 Å². The van der Waals surface area contributed by atoms with Crippen LogP contribution >= 0.6 is 22.3 Å². The van der Waals surface area contributed by atoms with E-state index in [1.807, 2.05) is 20.8 Å². The first-order chi connectivity index (χ1) is 9.04. The molecule has 0 aliphatic heterocycles. The molecular weight excluding hydrogens is 321 g/mol. The topological polar surface area (TPSA) is 63.2 Å². The summed E-state index contributed by atoms with van der Waals surface area (Å²) in [5.74, 6) is -0.0869. The zero-order valence-electron chi connectivity index (χ0n) is 11.7. The Labute approximate surface area is 128 Å². The molecule has 0 aliphatic rings. The summed E-state index contributed by atoms with van der Waals surface area (Å²) >= 11 is 5.92. The largest absolute Gasteiger partial charge is 0.349 e. The molecule has 1 aromatic rings. The lowest BCUT2D eigenvalue weighted by Gasteiger charge is -2.18. The Hall–Kier alpha value is -0.780. The van der Waals surface area contributed by atoms with Gasteiger partial charge in [-0.05, 0) is 37.5 Å². The molecule has 0 saturated carbocycles. The average Bonchev–Trinajstić information content (AvgIpc) is 2.30. The van der Waals surface area contributed by atoms with E-state index in [9.17, 15) is 13.2 Å². The van der Waals surface area contributed by atoms with Crippen molar-refractivity contribution >= 4 is 37.2 Å². The highest BCUT2D eigenvalue weighted by molar-refractivity contribution is 8.13. The van der Waals surface area contributed by atoms with Crippen molar-refractivity contribution in [2.75, 3.05) is 0 Å². The third-order valence-electron chi connectivity index (χ3n) is 3.10. The van der Waals surface area contributed by atoms with Gasteiger partial charge in [-0.25, -0.2) is 8.42 Å². The fraction of sp³-hybridized carbons (Fsp3) is 0.462. The quantitative estimate of drug-likeness (QED) is 0.857. The van der Waals surface area contributed by atoms with Crippen LogP contribution in [0.2, 0.25) is 5.02 Å². The van der Waals surface area contributed by atoms with Crippen molar-refractivity contribution in [3.05, 3.63) is 28.3 Å². The summed E-state index contributed by atoms with van der Waals surface area (Å²) in [4.78, 5) is 11.9. The summed E-state index contributed by atoms with van der Waals surface area (Å²) in [5, 5.41) is 2.84. The first-order valence-corrected chi connectivity index (χ1v) is 8.78. The average molecular weight is 338 g/mol. The monoisotopic (exact) mass is 337 g/mol. The van der Waals surface area contributed by atoms with E-state index in [-0.39, 0.29) is 33.3 Å². The molecule has 0 fully saturated rings. The molecule has 1 rings (SSSR count). The first kappa shape index (κ1) is 17.3. The minimum atomic E-state index is -4.00. The summed E-state index contributed by atoms with van der Waals surface area (Å²) in [6, 6.07) is 2.70. The molecule has 0 radical (unpaired) electrons. The zero-order chi connectivity index (χ0) is 15.7. The second-order valence-corrected chi connectivity index (χ2v) is 7.96. The molecule has 112 valence electrons. The predicted octanol–water partition coefficient (Wildman–Crippen LogP) is 3.35. The molecule has 1 unspecified atom stereocenters. The van der Waals surface area contributed by atoms with E-state index in [2.05, 4.69) is 5.32 Å². The molecule has 0 aliphatic carbocycles. The number of benzene rings is 1. The number of nitrogens with one attached hydrogen (secondary N) is 1. The van der Waals surface area contributed by atoms with Gasteiger partial charge in [-0.2, -0.15) is 0 Å². The van der Waals surface area contributed by atoms with Gasteiger partial charge in [0.25, 0.3) is 15.0 Å². The van der Waals surface area contributed by atoms with Gasteiger partial charge >= 0.3 is 0 Å². The minimum Gasteiger partial charge on any atom is -0.349 e. The maximum Gasteiger partial charge on any atom is 0.262 e. The number of hydrogen-bond donors (Lipinski definition) is 1. The van der Waals surface area contributed by atoms with Gasteiger partial charge in [-0.1, -0.05) is 25.4 Å². The van der Waals surface area contributed by atoms with Crippen molar-refractivity contribution in [3.63, 3.8) is 0 Å². The van der Waals surface area contributed by atoms with Gasteiger partial charge in [0.1, 0.15) is 4.90 Å². The van der Waals surface area contributed by atoms with Crippen LogP contribution in [-0.2, 0) is 9.05 Å². The van der Waals surface area contributed by atoms with Crippen LogP contribution in [0.4, 0.5) is 0 Å². The van der Waals surface area contributed by atoms with E-state index in [0.717, 1.165) is 0 Å². The Kier molecular flexibility index (Phi) is 5.46. The van der Waals surface area contributed by atoms with E-state index < -0.39 is 9.05 Å². The molecule has 1 N–H and O–H groups in total. The van der Waals surface area contributed by atoms with Crippen molar-refractivity contribution in [3.8, 4) is 0 Å². The predicted molar refractivity (Wildman–Crippen MR) is 81.0 cm³/mol. The smallest absolute Gasteiger partial charge is 0.262 e. The highest BCUT2D eigenvalue weighted by Crippen LogP contribution is 2.29. The highest BCUT2D eigenvalue weighted by atomic mass is 35.7. The maximum absolute atomic E-state index is 12.1. The molecule has 7 heteroatoms. The minimum absolute atomic E-state index is 0.0328.